The van der Waals surface area contributed by atoms with E-state index in [0.29, 0.717) is 6.61 Å². The molecule has 2 unspecified atom stereocenters. The molecule has 0 bridgehead atoms. The van der Waals surface area contributed by atoms with Crippen molar-refractivity contribution in [1.29, 1.82) is 0 Å². The maximum absolute atomic E-state index is 10.7. The minimum atomic E-state index is -1.15. The molecule has 2 rings (SSSR count). The van der Waals surface area contributed by atoms with E-state index in [2.05, 4.69) is 5.32 Å². The van der Waals surface area contributed by atoms with Crippen LogP contribution < -0.4 is 15.8 Å². The van der Waals surface area contributed by atoms with Crippen molar-refractivity contribution in [3.05, 3.63) is 29.8 Å². The van der Waals surface area contributed by atoms with Crippen LogP contribution in [0.3, 0.4) is 0 Å². The van der Waals surface area contributed by atoms with E-state index in [1.54, 1.807) is 0 Å². The number of carbonyl (C=O) groups excluding carboxylic acids is 1. The number of aliphatic hydroxyl groups excluding tert-OH is 1. The summed E-state index contributed by atoms with van der Waals surface area (Å²) in [6.45, 7) is 0.787. The molecule has 1 heterocycles. The molecule has 2 atom stereocenters. The Morgan fingerprint density at radius 2 is 2.35 bits per heavy atom. The monoisotopic (exact) mass is 236 g/mol. The van der Waals surface area contributed by atoms with Crippen LogP contribution in [-0.4, -0.2) is 30.3 Å². The van der Waals surface area contributed by atoms with Gasteiger partial charge in [-0.05, 0) is 6.07 Å². The largest absolute Gasteiger partial charge is 0.493 e. The van der Waals surface area contributed by atoms with Crippen LogP contribution in [0.2, 0.25) is 0 Å². The maximum Gasteiger partial charge on any atom is 0.247 e. The second-order valence-electron chi connectivity index (χ2n) is 4.05. The Morgan fingerprint density at radius 1 is 1.59 bits per heavy atom. The highest BCUT2D eigenvalue weighted by Gasteiger charge is 2.22. The summed E-state index contributed by atoms with van der Waals surface area (Å²) in [4.78, 5) is 10.7. The minimum Gasteiger partial charge on any atom is -0.493 e. The number of amides is 1. The van der Waals surface area contributed by atoms with Crippen LogP contribution in [0, 0.1) is 0 Å². The van der Waals surface area contributed by atoms with E-state index in [-0.39, 0.29) is 12.6 Å². The molecule has 1 aliphatic heterocycles. The van der Waals surface area contributed by atoms with Gasteiger partial charge in [-0.3, -0.25) is 4.79 Å². The van der Waals surface area contributed by atoms with E-state index in [4.69, 9.17) is 10.5 Å². The molecule has 0 radical (unpaired) electrons. The first-order valence-electron chi connectivity index (χ1n) is 5.61. The Labute approximate surface area is 99.6 Å². The van der Waals surface area contributed by atoms with Crippen molar-refractivity contribution >= 4 is 5.91 Å². The molecule has 1 amide bonds. The lowest BCUT2D eigenvalue weighted by Crippen LogP contribution is -2.40. The Hall–Kier alpha value is -1.59. The van der Waals surface area contributed by atoms with Gasteiger partial charge in [-0.15, -0.1) is 0 Å². The molecule has 0 fully saturated rings. The smallest absolute Gasteiger partial charge is 0.247 e. The molecule has 1 aliphatic rings. The summed E-state index contributed by atoms with van der Waals surface area (Å²) in [5.74, 6) is 0.141. The number of rotatable bonds is 4. The van der Waals surface area contributed by atoms with Crippen LogP contribution in [-0.2, 0) is 4.79 Å². The van der Waals surface area contributed by atoms with Crippen molar-refractivity contribution < 1.29 is 14.6 Å². The summed E-state index contributed by atoms with van der Waals surface area (Å²) in [6.07, 6.45) is -0.340. The van der Waals surface area contributed by atoms with Crippen molar-refractivity contribution in [1.82, 2.24) is 5.32 Å². The predicted molar refractivity (Wildman–Crippen MR) is 62.5 cm³/mol. The van der Waals surface area contributed by atoms with E-state index in [0.717, 1.165) is 17.7 Å². The lowest BCUT2D eigenvalue weighted by atomic mass is 10.0. The van der Waals surface area contributed by atoms with Crippen LogP contribution in [0.15, 0.2) is 24.3 Å². The number of nitrogens with two attached hydrogens (primary N) is 1. The molecule has 5 heteroatoms. The topological polar surface area (TPSA) is 84.6 Å². The first-order valence-corrected chi connectivity index (χ1v) is 5.61. The number of hydrogen-bond acceptors (Lipinski definition) is 4. The van der Waals surface area contributed by atoms with Crippen molar-refractivity contribution in [3.63, 3.8) is 0 Å². The van der Waals surface area contributed by atoms with Gasteiger partial charge in [-0.1, -0.05) is 18.2 Å². The lowest BCUT2D eigenvalue weighted by Gasteiger charge is -2.27. The summed E-state index contributed by atoms with van der Waals surface area (Å²) >= 11 is 0. The number of carbonyl (C=O) groups is 1. The van der Waals surface area contributed by atoms with Crippen molar-refractivity contribution in [2.24, 2.45) is 5.73 Å². The molecular weight excluding hydrogens is 220 g/mol. The van der Waals surface area contributed by atoms with Crippen molar-refractivity contribution in [2.75, 3.05) is 13.2 Å². The molecule has 4 N–H and O–H groups in total. The zero-order valence-corrected chi connectivity index (χ0v) is 9.43. The molecule has 0 aliphatic carbocycles. The molecule has 0 aromatic heterocycles. The first kappa shape index (κ1) is 11.9. The molecule has 1 aromatic carbocycles. The quantitative estimate of drug-likeness (QED) is 0.684. The molecule has 1 aromatic rings. The van der Waals surface area contributed by atoms with Gasteiger partial charge in [0, 0.05) is 24.6 Å². The van der Waals surface area contributed by atoms with Gasteiger partial charge in [-0.25, -0.2) is 0 Å². The van der Waals surface area contributed by atoms with Crippen LogP contribution in [0.25, 0.3) is 0 Å². The Balaban J connectivity index is 2.01. The van der Waals surface area contributed by atoms with Crippen LogP contribution in [0.5, 0.6) is 5.75 Å². The van der Waals surface area contributed by atoms with E-state index in [1.807, 2.05) is 24.3 Å². The first-order chi connectivity index (χ1) is 8.18. The average Bonchev–Trinajstić information content (AvgIpc) is 2.35. The lowest BCUT2D eigenvalue weighted by molar-refractivity contribution is -0.125. The third-order valence-corrected chi connectivity index (χ3v) is 2.84. The molecular formula is C12H16N2O3. The van der Waals surface area contributed by atoms with Gasteiger partial charge in [0.05, 0.1) is 6.61 Å². The fourth-order valence-electron chi connectivity index (χ4n) is 1.91. The zero-order valence-electron chi connectivity index (χ0n) is 9.43. The number of fused-ring (bicyclic) bond motifs is 1. The SMILES string of the molecule is NC(=O)C(O)CNC1CCOc2ccccc21. The van der Waals surface area contributed by atoms with Gasteiger partial charge in [0.1, 0.15) is 11.9 Å². The highest BCUT2D eigenvalue weighted by Crippen LogP contribution is 2.31. The molecule has 92 valence electrons. The third-order valence-electron chi connectivity index (χ3n) is 2.84. The molecule has 5 nitrogen and oxygen atoms in total. The molecule has 0 spiro atoms. The molecule has 0 saturated carbocycles. The predicted octanol–water partition coefficient (Wildman–Crippen LogP) is -0.0540. The fraction of sp³-hybridized carbons (Fsp3) is 0.417. The van der Waals surface area contributed by atoms with Crippen molar-refractivity contribution in [3.8, 4) is 5.75 Å². The van der Waals surface area contributed by atoms with Crippen LogP contribution >= 0.6 is 0 Å². The number of hydrogen-bond donors (Lipinski definition) is 3. The second kappa shape index (κ2) is 5.16. The summed E-state index contributed by atoms with van der Waals surface area (Å²) in [5, 5.41) is 12.5. The zero-order chi connectivity index (χ0) is 12.3. The highest BCUT2D eigenvalue weighted by molar-refractivity contribution is 5.78. The number of nitrogens with one attached hydrogen (secondary N) is 1. The van der Waals surface area contributed by atoms with Gasteiger partial charge in [0.15, 0.2) is 0 Å². The third kappa shape index (κ3) is 2.75. The molecule has 17 heavy (non-hydrogen) atoms. The minimum absolute atomic E-state index is 0.0916. The normalized spacial score (nSPS) is 20.2. The molecule has 0 saturated heterocycles. The Morgan fingerprint density at radius 3 is 3.12 bits per heavy atom. The van der Waals surface area contributed by atoms with Crippen LogP contribution in [0.4, 0.5) is 0 Å². The van der Waals surface area contributed by atoms with E-state index >= 15 is 0 Å². The van der Waals surface area contributed by atoms with E-state index < -0.39 is 12.0 Å². The maximum atomic E-state index is 10.7. The highest BCUT2D eigenvalue weighted by atomic mass is 16.5. The summed E-state index contributed by atoms with van der Waals surface area (Å²) in [6, 6.07) is 7.83. The number of primary amides is 1. The number of aliphatic hydroxyl groups is 1. The average molecular weight is 236 g/mol. The van der Waals surface area contributed by atoms with Gasteiger partial charge < -0.3 is 20.9 Å². The number of benzene rings is 1. The van der Waals surface area contributed by atoms with Gasteiger partial charge in [0.2, 0.25) is 5.91 Å². The fourth-order valence-corrected chi connectivity index (χ4v) is 1.91. The number of para-hydroxylation sites is 1. The van der Waals surface area contributed by atoms with Gasteiger partial charge in [0.25, 0.3) is 0 Å². The summed E-state index contributed by atoms with van der Waals surface area (Å²) in [5.41, 5.74) is 6.04. The van der Waals surface area contributed by atoms with Gasteiger partial charge >= 0.3 is 0 Å². The van der Waals surface area contributed by atoms with Gasteiger partial charge in [-0.2, -0.15) is 0 Å². The van der Waals surface area contributed by atoms with E-state index in [1.165, 1.54) is 0 Å². The van der Waals surface area contributed by atoms with E-state index in [9.17, 15) is 9.90 Å². The second-order valence-corrected chi connectivity index (χ2v) is 4.05. The summed E-state index contributed by atoms with van der Waals surface area (Å²) < 4.78 is 5.51. The number of ether oxygens (including phenoxy) is 1. The van der Waals surface area contributed by atoms with Crippen molar-refractivity contribution in [2.45, 2.75) is 18.6 Å². The standard InChI is InChI=1S/C12H16N2O3/c13-12(16)10(15)7-14-9-5-6-17-11-4-2-1-3-8(9)11/h1-4,9-10,14-15H,5-7H2,(H2,13,16). The Bertz CT molecular complexity index is 408. The Kier molecular flexibility index (Phi) is 3.61. The summed E-state index contributed by atoms with van der Waals surface area (Å²) in [7, 11) is 0. The van der Waals surface area contributed by atoms with Crippen LogP contribution in [0.1, 0.15) is 18.0 Å².